The Morgan fingerprint density at radius 3 is 2.10 bits per heavy atom. The normalized spacial score (nSPS) is 25.4. The zero-order valence-electron chi connectivity index (χ0n) is 13.8. The zero-order valence-corrected chi connectivity index (χ0v) is 14.6. The van der Waals surface area contributed by atoms with E-state index in [-0.39, 0.29) is 12.1 Å². The highest BCUT2D eigenvalue weighted by Crippen LogP contribution is 2.28. The molecule has 1 aliphatic rings. The van der Waals surface area contributed by atoms with E-state index in [4.69, 9.17) is 0 Å². The van der Waals surface area contributed by atoms with Gasteiger partial charge in [0.05, 0.1) is 11.4 Å². The van der Waals surface area contributed by atoms with Gasteiger partial charge in [0.15, 0.2) is 0 Å². The summed E-state index contributed by atoms with van der Waals surface area (Å²) in [5, 5.41) is 4.25. The van der Waals surface area contributed by atoms with Gasteiger partial charge in [-0.1, -0.05) is 6.92 Å². The molecular weight excluding hydrogens is 288 g/mol. The molecule has 0 saturated carbocycles. The van der Waals surface area contributed by atoms with E-state index in [9.17, 15) is 8.42 Å². The van der Waals surface area contributed by atoms with Crippen molar-refractivity contribution >= 4 is 10.0 Å². The predicted octanol–water partition coefficient (Wildman–Crippen LogP) is 1.14. The first-order valence-electron chi connectivity index (χ1n) is 7.46. The van der Waals surface area contributed by atoms with Crippen LogP contribution < -0.4 is 0 Å². The van der Waals surface area contributed by atoms with Gasteiger partial charge in [-0.2, -0.15) is 9.40 Å². The number of nitrogens with zero attached hydrogens (tertiary/aromatic N) is 4. The molecule has 1 aromatic rings. The third kappa shape index (κ3) is 2.74. The molecule has 0 N–H and O–H groups in total. The topological polar surface area (TPSA) is 58.4 Å². The second kappa shape index (κ2) is 5.70. The molecule has 21 heavy (non-hydrogen) atoms. The van der Waals surface area contributed by atoms with E-state index in [1.807, 2.05) is 20.8 Å². The van der Waals surface area contributed by atoms with Crippen LogP contribution in [-0.2, 0) is 17.1 Å². The molecule has 0 amide bonds. The summed E-state index contributed by atoms with van der Waals surface area (Å²) in [6.07, 6.45) is 0. The van der Waals surface area contributed by atoms with Crippen LogP contribution in [0.15, 0.2) is 4.90 Å². The quantitative estimate of drug-likeness (QED) is 0.839. The van der Waals surface area contributed by atoms with Gasteiger partial charge in [-0.25, -0.2) is 8.42 Å². The average molecular weight is 314 g/mol. The van der Waals surface area contributed by atoms with Crippen molar-refractivity contribution in [2.75, 3.05) is 19.6 Å². The summed E-state index contributed by atoms with van der Waals surface area (Å²) in [4.78, 5) is 2.67. The summed E-state index contributed by atoms with van der Waals surface area (Å²) < 4.78 is 29.5. The highest BCUT2D eigenvalue weighted by atomic mass is 32.2. The van der Waals surface area contributed by atoms with Crippen LogP contribution in [0.4, 0.5) is 0 Å². The third-order valence-corrected chi connectivity index (χ3v) is 6.72. The number of piperazine rings is 1. The molecule has 2 rings (SSSR count). The van der Waals surface area contributed by atoms with E-state index in [2.05, 4.69) is 16.9 Å². The van der Waals surface area contributed by atoms with E-state index in [0.29, 0.717) is 16.3 Å². The van der Waals surface area contributed by atoms with Crippen molar-refractivity contribution in [1.82, 2.24) is 19.0 Å². The summed E-state index contributed by atoms with van der Waals surface area (Å²) >= 11 is 0. The van der Waals surface area contributed by atoms with E-state index >= 15 is 0 Å². The molecule has 120 valence electrons. The molecule has 2 atom stereocenters. The van der Waals surface area contributed by atoms with E-state index < -0.39 is 10.0 Å². The molecule has 7 heteroatoms. The number of likely N-dealkylation sites (N-methyl/N-ethyl adjacent to an activating group) is 1. The highest BCUT2D eigenvalue weighted by Gasteiger charge is 2.40. The largest absolute Gasteiger partial charge is 0.300 e. The number of rotatable bonds is 3. The molecule has 1 aliphatic heterocycles. The first-order chi connectivity index (χ1) is 9.70. The first-order valence-corrected chi connectivity index (χ1v) is 8.90. The molecule has 0 aliphatic carbocycles. The highest BCUT2D eigenvalue weighted by molar-refractivity contribution is 7.89. The minimum absolute atomic E-state index is 0.0299. The van der Waals surface area contributed by atoms with Gasteiger partial charge in [0.2, 0.25) is 10.0 Å². The maximum atomic E-state index is 13.1. The van der Waals surface area contributed by atoms with Crippen LogP contribution >= 0.6 is 0 Å². The molecule has 1 aromatic heterocycles. The molecule has 1 fully saturated rings. The summed E-state index contributed by atoms with van der Waals surface area (Å²) in [7, 11) is -1.73. The van der Waals surface area contributed by atoms with Crippen molar-refractivity contribution < 1.29 is 8.42 Å². The molecule has 0 aromatic carbocycles. The van der Waals surface area contributed by atoms with Gasteiger partial charge in [-0.15, -0.1) is 0 Å². The molecule has 0 bridgehead atoms. The number of aryl methyl sites for hydroxylation is 2. The molecule has 1 saturated heterocycles. The summed E-state index contributed by atoms with van der Waals surface area (Å²) in [5.41, 5.74) is 1.28. The number of aromatic nitrogens is 2. The molecular formula is C14H26N4O2S. The van der Waals surface area contributed by atoms with Crippen LogP contribution in [0, 0.1) is 13.8 Å². The Labute approximate surface area is 127 Å². The Bertz CT molecular complexity index is 611. The zero-order chi connectivity index (χ0) is 15.9. The van der Waals surface area contributed by atoms with E-state index in [1.54, 1.807) is 23.0 Å². The minimum Gasteiger partial charge on any atom is -0.300 e. The standard InChI is InChI=1S/C14H26N4O2S/c1-7-17-8-10(2)18(11(3)9-17)21(19,20)14-12(4)15-16(6)13(14)5/h10-11H,7-9H2,1-6H3. The van der Waals surface area contributed by atoms with Crippen molar-refractivity contribution in [3.05, 3.63) is 11.4 Å². The van der Waals surface area contributed by atoms with Gasteiger partial charge < -0.3 is 4.90 Å². The van der Waals surface area contributed by atoms with Gasteiger partial charge in [0.1, 0.15) is 4.90 Å². The SMILES string of the molecule is CCN1CC(C)N(S(=O)(=O)c2c(C)nn(C)c2C)C(C)C1. The van der Waals surface area contributed by atoms with Gasteiger partial charge in [0, 0.05) is 32.2 Å². The fourth-order valence-electron chi connectivity index (χ4n) is 3.38. The second-order valence-electron chi connectivity index (χ2n) is 6.01. The van der Waals surface area contributed by atoms with E-state index in [1.165, 1.54) is 0 Å². The lowest BCUT2D eigenvalue weighted by atomic mass is 10.1. The lowest BCUT2D eigenvalue weighted by Gasteiger charge is -2.43. The number of sulfonamides is 1. The van der Waals surface area contributed by atoms with Crippen molar-refractivity contribution in [3.8, 4) is 0 Å². The van der Waals surface area contributed by atoms with Gasteiger partial charge in [-0.3, -0.25) is 4.68 Å². The van der Waals surface area contributed by atoms with Crippen molar-refractivity contribution in [2.24, 2.45) is 7.05 Å². The number of hydrogen-bond donors (Lipinski definition) is 0. The van der Waals surface area contributed by atoms with Crippen LogP contribution in [-0.4, -0.2) is 59.1 Å². The maximum absolute atomic E-state index is 13.1. The number of hydrogen-bond acceptors (Lipinski definition) is 4. The molecule has 0 radical (unpaired) electrons. The molecule has 2 heterocycles. The van der Waals surface area contributed by atoms with Crippen molar-refractivity contribution in [3.63, 3.8) is 0 Å². The smallest absolute Gasteiger partial charge is 0.247 e. The summed E-state index contributed by atoms with van der Waals surface area (Å²) in [6, 6.07) is -0.0598. The van der Waals surface area contributed by atoms with Crippen LogP contribution in [0.1, 0.15) is 32.2 Å². The summed E-state index contributed by atoms with van der Waals surface area (Å²) in [5.74, 6) is 0. The van der Waals surface area contributed by atoms with Gasteiger partial charge in [0.25, 0.3) is 0 Å². The Morgan fingerprint density at radius 2 is 1.71 bits per heavy atom. The van der Waals surface area contributed by atoms with Crippen molar-refractivity contribution in [2.45, 2.75) is 51.6 Å². The second-order valence-corrected chi connectivity index (χ2v) is 7.79. The predicted molar refractivity (Wildman–Crippen MR) is 82.7 cm³/mol. The minimum atomic E-state index is -3.51. The first kappa shape index (κ1) is 16.5. The Hall–Kier alpha value is -0.920. The van der Waals surface area contributed by atoms with E-state index in [0.717, 1.165) is 19.6 Å². The lowest BCUT2D eigenvalue weighted by molar-refractivity contribution is 0.106. The molecule has 6 nitrogen and oxygen atoms in total. The third-order valence-electron chi connectivity index (χ3n) is 4.34. The van der Waals surface area contributed by atoms with Crippen LogP contribution in [0.25, 0.3) is 0 Å². The Balaban J connectivity index is 2.44. The van der Waals surface area contributed by atoms with Gasteiger partial charge in [-0.05, 0) is 34.2 Å². The molecule has 0 spiro atoms. The van der Waals surface area contributed by atoms with Crippen LogP contribution in [0.5, 0.6) is 0 Å². The lowest BCUT2D eigenvalue weighted by Crippen LogP contribution is -2.58. The van der Waals surface area contributed by atoms with Crippen molar-refractivity contribution in [1.29, 1.82) is 0 Å². The fourth-order valence-corrected chi connectivity index (χ4v) is 5.59. The Kier molecular flexibility index (Phi) is 4.46. The monoisotopic (exact) mass is 314 g/mol. The summed E-state index contributed by atoms with van der Waals surface area (Å²) in [6.45, 7) is 12.2. The van der Waals surface area contributed by atoms with Crippen LogP contribution in [0.2, 0.25) is 0 Å². The van der Waals surface area contributed by atoms with Crippen LogP contribution in [0.3, 0.4) is 0 Å². The maximum Gasteiger partial charge on any atom is 0.247 e. The van der Waals surface area contributed by atoms with Gasteiger partial charge >= 0.3 is 0 Å². The average Bonchev–Trinajstić information content (AvgIpc) is 2.62. The molecule has 2 unspecified atom stereocenters. The fraction of sp³-hybridized carbons (Fsp3) is 0.786. The Morgan fingerprint density at radius 1 is 1.19 bits per heavy atom.